The van der Waals surface area contributed by atoms with E-state index in [4.69, 9.17) is 9.47 Å². The van der Waals surface area contributed by atoms with Gasteiger partial charge in [0, 0.05) is 18.4 Å². The van der Waals surface area contributed by atoms with Gasteiger partial charge in [-0.3, -0.25) is 9.69 Å². The number of para-hydroxylation sites is 3. The second kappa shape index (κ2) is 8.96. The van der Waals surface area contributed by atoms with Crippen molar-refractivity contribution in [2.24, 2.45) is 0 Å². The summed E-state index contributed by atoms with van der Waals surface area (Å²) in [5.41, 5.74) is 1.29. The van der Waals surface area contributed by atoms with Crippen molar-refractivity contribution in [3.8, 4) is 11.5 Å². The molecule has 1 aromatic heterocycles. The van der Waals surface area contributed by atoms with Crippen molar-refractivity contribution >= 4 is 40.1 Å². The molecule has 3 rings (SSSR count). The molecule has 142 valence electrons. The van der Waals surface area contributed by atoms with Crippen LogP contribution in [0.3, 0.4) is 0 Å². The summed E-state index contributed by atoms with van der Waals surface area (Å²) in [6.45, 7) is 1.48. The van der Waals surface area contributed by atoms with Gasteiger partial charge in [-0.05, 0) is 30.3 Å². The van der Waals surface area contributed by atoms with Crippen molar-refractivity contribution in [2.75, 3.05) is 12.0 Å². The van der Waals surface area contributed by atoms with E-state index < -0.39 is 5.97 Å². The minimum atomic E-state index is -0.550. The van der Waals surface area contributed by atoms with Crippen LogP contribution in [0.1, 0.15) is 12.6 Å². The minimum Gasteiger partial charge on any atom is -0.493 e. The van der Waals surface area contributed by atoms with E-state index in [1.807, 2.05) is 30.3 Å². The first-order valence-corrected chi connectivity index (χ1v) is 9.30. The molecule has 0 radical (unpaired) electrons. The highest BCUT2D eigenvalue weighted by atomic mass is 32.1. The summed E-state index contributed by atoms with van der Waals surface area (Å²) in [6.07, 6.45) is 2.83. The molecule has 0 aliphatic heterocycles. The predicted molar refractivity (Wildman–Crippen MR) is 109 cm³/mol. The van der Waals surface area contributed by atoms with E-state index in [1.165, 1.54) is 36.3 Å². The maximum atomic E-state index is 12.1. The smallest absolute Gasteiger partial charge is 0.336 e. The standard InChI is InChI=1S/C21H18N2O4S/c1-15(24)23(17-8-4-3-5-9-17)21-22-16(14-28-21)12-13-20(25)27-19-11-7-6-10-18(19)26-2/h3-14H,1-2H3/b13-12+. The molecule has 0 aliphatic carbocycles. The number of hydrogen-bond acceptors (Lipinski definition) is 6. The van der Waals surface area contributed by atoms with Crippen LogP contribution in [-0.4, -0.2) is 24.0 Å². The molecule has 3 aromatic rings. The monoisotopic (exact) mass is 394 g/mol. The first kappa shape index (κ1) is 19.3. The number of carbonyl (C=O) groups is 2. The van der Waals surface area contributed by atoms with Gasteiger partial charge in [0.05, 0.1) is 18.5 Å². The molecule has 0 atom stereocenters. The summed E-state index contributed by atoms with van der Waals surface area (Å²) < 4.78 is 10.4. The molecule has 0 spiro atoms. The zero-order valence-electron chi connectivity index (χ0n) is 15.4. The lowest BCUT2D eigenvalue weighted by Crippen LogP contribution is -2.22. The van der Waals surface area contributed by atoms with Gasteiger partial charge in [-0.15, -0.1) is 11.3 Å². The Morgan fingerprint density at radius 2 is 1.71 bits per heavy atom. The number of methoxy groups -OCH3 is 1. The van der Waals surface area contributed by atoms with Crippen LogP contribution in [0.5, 0.6) is 11.5 Å². The fourth-order valence-electron chi connectivity index (χ4n) is 2.46. The first-order valence-electron chi connectivity index (χ1n) is 8.42. The van der Waals surface area contributed by atoms with Crippen molar-refractivity contribution in [3.05, 3.63) is 71.7 Å². The molecular weight excluding hydrogens is 376 g/mol. The number of carbonyl (C=O) groups excluding carboxylic acids is 2. The van der Waals surface area contributed by atoms with E-state index in [1.54, 1.807) is 35.7 Å². The van der Waals surface area contributed by atoms with Crippen LogP contribution in [0.2, 0.25) is 0 Å². The SMILES string of the molecule is COc1ccccc1OC(=O)/C=C/c1csc(N(C(C)=O)c2ccccc2)n1. The molecule has 7 heteroatoms. The number of aromatic nitrogens is 1. The third-order valence-corrected chi connectivity index (χ3v) is 4.54. The van der Waals surface area contributed by atoms with Crippen LogP contribution in [0, 0.1) is 0 Å². The quantitative estimate of drug-likeness (QED) is 0.351. The van der Waals surface area contributed by atoms with E-state index >= 15 is 0 Å². The molecule has 0 saturated carbocycles. The maximum absolute atomic E-state index is 12.1. The van der Waals surface area contributed by atoms with Crippen molar-refractivity contribution in [3.63, 3.8) is 0 Å². The molecule has 0 fully saturated rings. The maximum Gasteiger partial charge on any atom is 0.336 e. The lowest BCUT2D eigenvalue weighted by molar-refractivity contribution is -0.129. The third-order valence-electron chi connectivity index (χ3n) is 3.70. The first-order chi connectivity index (χ1) is 13.6. The van der Waals surface area contributed by atoms with Gasteiger partial charge in [0.15, 0.2) is 16.6 Å². The Labute approximate surface area is 166 Å². The molecule has 6 nitrogen and oxygen atoms in total. The lowest BCUT2D eigenvalue weighted by atomic mass is 10.3. The van der Waals surface area contributed by atoms with Crippen LogP contribution in [0.25, 0.3) is 6.08 Å². The molecule has 28 heavy (non-hydrogen) atoms. The summed E-state index contributed by atoms with van der Waals surface area (Å²) in [5, 5.41) is 2.29. The Bertz CT molecular complexity index is 998. The second-order valence-electron chi connectivity index (χ2n) is 5.65. The normalized spacial score (nSPS) is 10.6. The Morgan fingerprint density at radius 3 is 2.39 bits per heavy atom. The average molecular weight is 394 g/mol. The Hall–Kier alpha value is -3.45. The van der Waals surface area contributed by atoms with Crippen LogP contribution < -0.4 is 14.4 Å². The molecule has 0 N–H and O–H groups in total. The molecule has 0 aliphatic rings. The van der Waals surface area contributed by atoms with Gasteiger partial charge in [-0.2, -0.15) is 0 Å². The summed E-state index contributed by atoms with van der Waals surface area (Å²) in [7, 11) is 1.51. The van der Waals surface area contributed by atoms with Gasteiger partial charge in [-0.1, -0.05) is 30.3 Å². The van der Waals surface area contributed by atoms with Gasteiger partial charge in [0.2, 0.25) is 5.91 Å². The summed E-state index contributed by atoms with van der Waals surface area (Å²) in [4.78, 5) is 30.1. The van der Waals surface area contributed by atoms with Crippen molar-refractivity contribution in [1.82, 2.24) is 4.98 Å². The molecular formula is C21H18N2O4S. The highest BCUT2D eigenvalue weighted by Gasteiger charge is 2.17. The van der Waals surface area contributed by atoms with E-state index in [-0.39, 0.29) is 5.91 Å². The Morgan fingerprint density at radius 1 is 1.04 bits per heavy atom. The molecule has 2 aromatic carbocycles. The number of nitrogens with zero attached hydrogens (tertiary/aromatic N) is 2. The Kier molecular flexibility index (Phi) is 6.18. The number of amides is 1. The zero-order chi connectivity index (χ0) is 19.9. The minimum absolute atomic E-state index is 0.147. The van der Waals surface area contributed by atoms with Gasteiger partial charge in [-0.25, -0.2) is 9.78 Å². The number of anilines is 2. The number of ether oxygens (including phenoxy) is 2. The molecule has 1 heterocycles. The van der Waals surface area contributed by atoms with Gasteiger partial charge in [0.1, 0.15) is 0 Å². The number of rotatable bonds is 6. The number of thiazole rings is 1. The van der Waals surface area contributed by atoms with Crippen LogP contribution >= 0.6 is 11.3 Å². The molecule has 1 amide bonds. The van der Waals surface area contributed by atoms with Crippen molar-refractivity contribution in [2.45, 2.75) is 6.92 Å². The molecule has 0 saturated heterocycles. The van der Waals surface area contributed by atoms with E-state index in [0.717, 1.165) is 5.69 Å². The highest BCUT2D eigenvalue weighted by Crippen LogP contribution is 2.29. The Balaban J connectivity index is 1.73. The lowest BCUT2D eigenvalue weighted by Gasteiger charge is -2.17. The van der Waals surface area contributed by atoms with Crippen LogP contribution in [-0.2, 0) is 9.59 Å². The predicted octanol–water partition coefficient (Wildman–Crippen LogP) is 4.46. The average Bonchev–Trinajstić information content (AvgIpc) is 3.16. The molecule has 0 unspecified atom stereocenters. The zero-order valence-corrected chi connectivity index (χ0v) is 16.2. The third kappa shape index (κ3) is 4.63. The van der Waals surface area contributed by atoms with E-state index in [0.29, 0.717) is 22.3 Å². The van der Waals surface area contributed by atoms with Crippen LogP contribution in [0.15, 0.2) is 66.1 Å². The van der Waals surface area contributed by atoms with E-state index in [9.17, 15) is 9.59 Å². The number of hydrogen-bond donors (Lipinski definition) is 0. The van der Waals surface area contributed by atoms with Gasteiger partial charge >= 0.3 is 5.97 Å². The second-order valence-corrected chi connectivity index (χ2v) is 6.49. The topological polar surface area (TPSA) is 68.7 Å². The largest absolute Gasteiger partial charge is 0.493 e. The fraction of sp³-hybridized carbons (Fsp3) is 0.0952. The van der Waals surface area contributed by atoms with Gasteiger partial charge in [0.25, 0.3) is 0 Å². The summed E-state index contributed by atoms with van der Waals surface area (Å²) in [6, 6.07) is 16.2. The number of benzene rings is 2. The summed E-state index contributed by atoms with van der Waals surface area (Å²) in [5.74, 6) is 0.114. The molecule has 0 bridgehead atoms. The highest BCUT2D eigenvalue weighted by molar-refractivity contribution is 7.14. The fourth-order valence-corrected chi connectivity index (χ4v) is 3.31. The van der Waals surface area contributed by atoms with Crippen LogP contribution in [0.4, 0.5) is 10.8 Å². The van der Waals surface area contributed by atoms with Gasteiger partial charge < -0.3 is 9.47 Å². The van der Waals surface area contributed by atoms with Crippen molar-refractivity contribution < 1.29 is 19.1 Å². The summed E-state index contributed by atoms with van der Waals surface area (Å²) >= 11 is 1.31. The number of esters is 1. The van der Waals surface area contributed by atoms with Crippen molar-refractivity contribution in [1.29, 1.82) is 0 Å². The van der Waals surface area contributed by atoms with E-state index in [2.05, 4.69) is 4.98 Å².